The highest BCUT2D eigenvalue weighted by molar-refractivity contribution is 7.49. The average Bonchev–Trinajstić information content (AvgIpc) is 3.44. The summed E-state index contributed by atoms with van der Waals surface area (Å²) in [5, 5.41) is 2.55. The fourth-order valence-electron chi connectivity index (χ4n) is 7.18. The molecule has 5 aromatic rings. The van der Waals surface area contributed by atoms with Crippen LogP contribution in [0.2, 0.25) is 0 Å². The van der Waals surface area contributed by atoms with Gasteiger partial charge in [0.05, 0.1) is 14.2 Å². The molecular weight excluding hydrogens is 753 g/mol. The maximum atomic E-state index is 17.3. The number of carbonyl (C=O) groups excluding carboxylic acids is 1. The minimum Gasteiger partial charge on any atom is -0.497 e. The van der Waals surface area contributed by atoms with E-state index in [1.165, 1.54) is 6.07 Å². The van der Waals surface area contributed by atoms with E-state index in [1.54, 1.807) is 99.7 Å². The van der Waals surface area contributed by atoms with Crippen LogP contribution in [0, 0.1) is 0 Å². The first-order valence-corrected chi connectivity index (χ1v) is 20.2. The predicted octanol–water partition coefficient (Wildman–Crippen LogP) is 8.46. The average molecular weight is 801 g/mol. The van der Waals surface area contributed by atoms with Crippen molar-refractivity contribution in [2.45, 2.75) is 69.9 Å². The summed E-state index contributed by atoms with van der Waals surface area (Å²) >= 11 is 0. The highest BCUT2D eigenvalue weighted by Crippen LogP contribution is 2.54. The molecule has 0 saturated carbocycles. The van der Waals surface area contributed by atoms with Crippen LogP contribution in [-0.2, 0) is 19.6 Å². The number of rotatable bonds is 15. The van der Waals surface area contributed by atoms with Crippen LogP contribution in [0.4, 0.5) is 14.6 Å². The lowest BCUT2D eigenvalue weighted by Gasteiger charge is -2.41. The van der Waals surface area contributed by atoms with Gasteiger partial charge in [-0.15, -0.1) is 0 Å². The Morgan fingerprint density at radius 2 is 1.33 bits per heavy atom. The number of nitrogens with one attached hydrogen (secondary N) is 1. The second kappa shape index (κ2) is 17.6. The summed E-state index contributed by atoms with van der Waals surface area (Å²) in [6.45, 7) is 9.66. The molecule has 6 rings (SSSR count). The van der Waals surface area contributed by atoms with Crippen LogP contribution in [0.3, 0.4) is 0 Å². The Labute approximate surface area is 332 Å². The van der Waals surface area contributed by atoms with E-state index in [1.807, 2.05) is 62.7 Å². The van der Waals surface area contributed by atoms with E-state index in [9.17, 15) is 9.59 Å². The second-order valence-electron chi connectivity index (χ2n) is 14.0. The third-order valence-corrected chi connectivity index (χ3v) is 11.8. The van der Waals surface area contributed by atoms with E-state index in [2.05, 4.69) is 10.3 Å². The van der Waals surface area contributed by atoms with Gasteiger partial charge < -0.3 is 28.8 Å². The van der Waals surface area contributed by atoms with Crippen LogP contribution < -0.4 is 20.5 Å². The minimum absolute atomic E-state index is 0.0420. The molecule has 57 heavy (non-hydrogen) atoms. The van der Waals surface area contributed by atoms with Crippen molar-refractivity contribution in [1.82, 2.24) is 14.2 Å². The molecule has 0 aliphatic carbocycles. The largest absolute Gasteiger partial charge is 0.497 e. The van der Waals surface area contributed by atoms with Crippen LogP contribution in [0.25, 0.3) is 0 Å². The summed E-state index contributed by atoms with van der Waals surface area (Å²) in [5.41, 5.74) is -0.548. The Morgan fingerprint density at radius 1 is 0.825 bits per heavy atom. The lowest BCUT2D eigenvalue weighted by molar-refractivity contribution is -0.213. The first-order valence-electron chi connectivity index (χ1n) is 18.5. The number of halogens is 2. The number of methoxy groups -OCH3 is 2. The molecule has 300 valence electrons. The van der Waals surface area contributed by atoms with Gasteiger partial charge in [-0.3, -0.25) is 14.0 Å². The number of benzene rings is 4. The van der Waals surface area contributed by atoms with Gasteiger partial charge in [0.1, 0.15) is 31.2 Å². The second-order valence-corrected chi connectivity index (χ2v) is 15.6. The Morgan fingerprint density at radius 3 is 1.82 bits per heavy atom. The molecule has 0 bridgehead atoms. The Hall–Kier alpha value is -5.04. The molecule has 1 aliphatic rings. The molecule has 14 heteroatoms. The molecule has 1 aliphatic heterocycles. The summed E-state index contributed by atoms with van der Waals surface area (Å²) in [6, 6.07) is 33.0. The van der Waals surface area contributed by atoms with E-state index in [0.717, 1.165) is 6.20 Å². The topological polar surface area (TPSA) is 113 Å². The molecule has 1 saturated heterocycles. The van der Waals surface area contributed by atoms with Gasteiger partial charge in [0.25, 0.3) is 5.91 Å². The quantitative estimate of drug-likeness (QED) is 0.0824. The molecule has 1 aromatic heterocycles. The van der Waals surface area contributed by atoms with Crippen molar-refractivity contribution >= 4 is 20.0 Å². The Balaban J connectivity index is 1.48. The lowest BCUT2D eigenvalue weighted by Crippen LogP contribution is -2.46. The van der Waals surface area contributed by atoms with Crippen molar-refractivity contribution in [2.75, 3.05) is 26.2 Å². The SMILES string of the molecule is COc1ccc(C(O[C@H]2O[C@@H](n3ccc(NC(=O)c4ccccc4)nc3=O)C(F)(F)[C@@H]2OP(C)N(C(C)C)C(C)C)(c2ccccc2)c2ccc(OC)cc2)cc1. The number of alkyl halides is 2. The Bertz CT molecular complexity index is 2100. The minimum atomic E-state index is -3.84. The van der Waals surface area contributed by atoms with E-state index in [-0.39, 0.29) is 17.9 Å². The number of hydrogen-bond acceptors (Lipinski definition) is 9. The summed E-state index contributed by atoms with van der Waals surface area (Å²) in [7, 11) is 1.45. The van der Waals surface area contributed by atoms with E-state index >= 15 is 8.78 Å². The molecule has 0 spiro atoms. The van der Waals surface area contributed by atoms with Crippen LogP contribution in [0.5, 0.6) is 11.5 Å². The molecule has 0 radical (unpaired) electrons. The summed E-state index contributed by atoms with van der Waals surface area (Å²) in [6.07, 6.45) is -4.86. The maximum Gasteiger partial charge on any atom is 0.351 e. The van der Waals surface area contributed by atoms with E-state index < -0.39 is 50.0 Å². The van der Waals surface area contributed by atoms with Crippen molar-refractivity contribution in [1.29, 1.82) is 0 Å². The van der Waals surface area contributed by atoms with Gasteiger partial charge in [-0.25, -0.2) is 4.79 Å². The third kappa shape index (κ3) is 8.63. The number of ether oxygens (including phenoxy) is 4. The number of hydrogen-bond donors (Lipinski definition) is 1. The molecule has 4 aromatic carbocycles. The first kappa shape index (κ1) is 41.6. The van der Waals surface area contributed by atoms with E-state index in [4.69, 9.17) is 23.5 Å². The van der Waals surface area contributed by atoms with Gasteiger partial charge in [0.15, 0.2) is 12.4 Å². The van der Waals surface area contributed by atoms with Gasteiger partial charge in [-0.1, -0.05) is 72.8 Å². The Kier molecular flexibility index (Phi) is 12.9. The van der Waals surface area contributed by atoms with Gasteiger partial charge in [0, 0.05) is 23.8 Å². The fourth-order valence-corrected chi connectivity index (χ4v) is 9.16. The molecule has 11 nitrogen and oxygen atoms in total. The van der Waals surface area contributed by atoms with Crippen LogP contribution in [0.15, 0.2) is 126 Å². The van der Waals surface area contributed by atoms with E-state index in [0.29, 0.717) is 38.3 Å². The molecule has 1 fully saturated rings. The maximum absolute atomic E-state index is 17.3. The number of anilines is 1. The molecule has 1 amide bonds. The zero-order valence-electron chi connectivity index (χ0n) is 32.8. The number of nitrogens with zero attached hydrogens (tertiary/aromatic N) is 3. The molecule has 4 atom stereocenters. The highest BCUT2D eigenvalue weighted by Gasteiger charge is 2.64. The van der Waals surface area contributed by atoms with Crippen molar-refractivity contribution < 1.29 is 37.0 Å². The highest BCUT2D eigenvalue weighted by atomic mass is 31.2. The number of amides is 1. The standard InChI is InChI=1S/C43H47F2N4O7P/c1-28(2)49(29(3)4)57(7)56-37-39(54-40(43(37,44)45)48-27-26-36(47-41(48)51)46-38(50)30-14-10-8-11-15-30)55-42(31-16-12-9-13-17-31,32-18-22-34(52-5)23-19-32)33-20-24-35(53-6)25-21-33/h8-29,37,39-40H,1-7H3,(H,46,47,50,51)/t37-,39-,40-,57?/m1/s1. The molecule has 2 heterocycles. The van der Waals surface area contributed by atoms with Crippen molar-refractivity contribution in [3.8, 4) is 11.5 Å². The van der Waals surface area contributed by atoms with Crippen molar-refractivity contribution in [3.05, 3.63) is 154 Å². The van der Waals surface area contributed by atoms with Crippen LogP contribution in [0.1, 0.15) is 61.0 Å². The molecule has 1 N–H and O–H groups in total. The normalized spacial score (nSPS) is 18.5. The smallest absolute Gasteiger partial charge is 0.351 e. The van der Waals surface area contributed by atoms with Gasteiger partial charge in [-0.2, -0.15) is 13.8 Å². The van der Waals surface area contributed by atoms with Crippen LogP contribution >= 0.6 is 8.30 Å². The van der Waals surface area contributed by atoms with Gasteiger partial charge in [0.2, 0.25) is 6.23 Å². The molecular formula is C43H47F2N4O7P. The number of carbonyl (C=O) groups is 1. The number of aromatic nitrogens is 2. The first-order chi connectivity index (χ1) is 27.3. The van der Waals surface area contributed by atoms with Crippen molar-refractivity contribution in [2.24, 2.45) is 0 Å². The van der Waals surface area contributed by atoms with Gasteiger partial charge >= 0.3 is 11.6 Å². The monoisotopic (exact) mass is 800 g/mol. The summed E-state index contributed by atoms with van der Waals surface area (Å²) < 4.78 is 68.0. The third-order valence-electron chi connectivity index (χ3n) is 9.69. The summed E-state index contributed by atoms with van der Waals surface area (Å²) in [5.74, 6) is -3.32. The van der Waals surface area contributed by atoms with Gasteiger partial charge in [-0.05, 0) is 93.5 Å². The summed E-state index contributed by atoms with van der Waals surface area (Å²) in [4.78, 5) is 30.4. The fraction of sp³-hybridized carbons (Fsp3) is 0.326. The predicted molar refractivity (Wildman–Crippen MR) is 215 cm³/mol. The molecule has 1 unspecified atom stereocenters. The van der Waals surface area contributed by atoms with Crippen LogP contribution in [-0.4, -0.2) is 71.4 Å². The van der Waals surface area contributed by atoms with Crippen molar-refractivity contribution in [3.63, 3.8) is 0 Å². The zero-order valence-corrected chi connectivity index (χ0v) is 33.7. The zero-order chi connectivity index (χ0) is 40.9. The lowest BCUT2D eigenvalue weighted by atomic mass is 9.80.